The van der Waals surface area contributed by atoms with Gasteiger partial charge in [0.25, 0.3) is 0 Å². The van der Waals surface area contributed by atoms with Gasteiger partial charge in [0, 0.05) is 12.1 Å². The van der Waals surface area contributed by atoms with Crippen LogP contribution < -0.4 is 5.32 Å². The fraction of sp³-hybridized carbons (Fsp3) is 0.938. The minimum Gasteiger partial charge on any atom is -0.444 e. The number of piperidine rings is 1. The molecule has 0 spiro atoms. The zero-order valence-corrected chi connectivity index (χ0v) is 13.3. The normalized spacial score (nSPS) is 22.6. The topological polar surface area (TPSA) is 41.6 Å². The van der Waals surface area contributed by atoms with Crippen LogP contribution in [0.3, 0.4) is 0 Å². The van der Waals surface area contributed by atoms with Gasteiger partial charge in [-0.15, -0.1) is 0 Å². The lowest BCUT2D eigenvalue weighted by molar-refractivity contribution is -0.00388. The Morgan fingerprint density at radius 1 is 1.00 bits per heavy atom. The standard InChI is InChI=1S/C16H30N2O2/c1-16(2,3)20-15(19)18(13-7-5-4-6-8-13)14-9-11-17-12-10-14/h13-14,17H,4-12H2,1-3H3. The maximum atomic E-state index is 12.6. The van der Waals surface area contributed by atoms with Gasteiger partial charge in [0.1, 0.15) is 5.60 Å². The quantitative estimate of drug-likeness (QED) is 0.845. The lowest BCUT2D eigenvalue weighted by atomic mass is 9.92. The largest absolute Gasteiger partial charge is 0.444 e. The van der Waals surface area contributed by atoms with Gasteiger partial charge in [-0.25, -0.2) is 4.79 Å². The first kappa shape index (κ1) is 15.6. The van der Waals surface area contributed by atoms with Crippen LogP contribution >= 0.6 is 0 Å². The van der Waals surface area contributed by atoms with Crippen molar-refractivity contribution >= 4 is 6.09 Å². The molecule has 1 aliphatic carbocycles. The Morgan fingerprint density at radius 3 is 2.10 bits per heavy atom. The van der Waals surface area contributed by atoms with E-state index < -0.39 is 5.60 Å². The van der Waals surface area contributed by atoms with Gasteiger partial charge in [0.2, 0.25) is 0 Å². The van der Waals surface area contributed by atoms with E-state index in [1.54, 1.807) is 0 Å². The second-order valence-electron chi connectivity index (χ2n) is 7.16. The van der Waals surface area contributed by atoms with Gasteiger partial charge in [-0.3, -0.25) is 0 Å². The summed E-state index contributed by atoms with van der Waals surface area (Å²) in [6.07, 6.45) is 8.09. The summed E-state index contributed by atoms with van der Waals surface area (Å²) in [6.45, 7) is 7.87. The number of amides is 1. The fourth-order valence-corrected chi connectivity index (χ4v) is 3.35. The first-order chi connectivity index (χ1) is 9.47. The zero-order chi connectivity index (χ0) is 14.6. The van der Waals surface area contributed by atoms with Crippen molar-refractivity contribution in [3.8, 4) is 0 Å². The number of carbonyl (C=O) groups is 1. The molecule has 116 valence electrons. The van der Waals surface area contributed by atoms with E-state index in [4.69, 9.17) is 4.74 Å². The molecule has 1 amide bonds. The van der Waals surface area contributed by atoms with Gasteiger partial charge in [-0.2, -0.15) is 0 Å². The summed E-state index contributed by atoms with van der Waals surface area (Å²) in [5.74, 6) is 0. The molecule has 2 fully saturated rings. The van der Waals surface area contributed by atoms with Crippen molar-refractivity contribution < 1.29 is 9.53 Å². The zero-order valence-electron chi connectivity index (χ0n) is 13.3. The monoisotopic (exact) mass is 282 g/mol. The number of rotatable bonds is 2. The second kappa shape index (κ2) is 6.79. The van der Waals surface area contributed by atoms with E-state index >= 15 is 0 Å². The Hall–Kier alpha value is -0.770. The van der Waals surface area contributed by atoms with Crippen molar-refractivity contribution in [3.63, 3.8) is 0 Å². The van der Waals surface area contributed by atoms with E-state index in [2.05, 4.69) is 10.2 Å². The highest BCUT2D eigenvalue weighted by atomic mass is 16.6. The van der Waals surface area contributed by atoms with E-state index in [1.807, 2.05) is 20.8 Å². The predicted octanol–water partition coefficient (Wildman–Crippen LogP) is 3.31. The second-order valence-corrected chi connectivity index (χ2v) is 7.16. The molecule has 0 radical (unpaired) electrons. The van der Waals surface area contributed by atoms with Gasteiger partial charge in [0.15, 0.2) is 0 Å². The highest BCUT2D eigenvalue weighted by Gasteiger charge is 2.35. The molecule has 1 heterocycles. The molecule has 1 saturated carbocycles. The van der Waals surface area contributed by atoms with Crippen molar-refractivity contribution in [1.82, 2.24) is 10.2 Å². The number of nitrogens with zero attached hydrogens (tertiary/aromatic N) is 1. The third-order valence-electron chi connectivity index (χ3n) is 4.27. The molecule has 4 heteroatoms. The fourth-order valence-electron chi connectivity index (χ4n) is 3.35. The minimum absolute atomic E-state index is 0.101. The molecule has 2 aliphatic rings. The Bertz CT molecular complexity index is 295. The van der Waals surface area contributed by atoms with Crippen LogP contribution in [0.4, 0.5) is 4.79 Å². The summed E-state index contributed by atoms with van der Waals surface area (Å²) >= 11 is 0. The molecule has 4 nitrogen and oxygen atoms in total. The molecule has 1 aliphatic heterocycles. The van der Waals surface area contributed by atoms with Gasteiger partial charge in [-0.05, 0) is 59.5 Å². The van der Waals surface area contributed by atoms with Crippen molar-refractivity contribution in [3.05, 3.63) is 0 Å². The molecule has 1 N–H and O–H groups in total. The third kappa shape index (κ3) is 4.37. The molecule has 0 bridgehead atoms. The van der Waals surface area contributed by atoms with Crippen LogP contribution in [0.2, 0.25) is 0 Å². The van der Waals surface area contributed by atoms with Gasteiger partial charge in [0.05, 0.1) is 0 Å². The summed E-state index contributed by atoms with van der Waals surface area (Å²) in [5, 5.41) is 3.38. The van der Waals surface area contributed by atoms with Crippen LogP contribution in [0.1, 0.15) is 65.7 Å². The van der Waals surface area contributed by atoms with Crippen LogP contribution in [0.25, 0.3) is 0 Å². The first-order valence-corrected chi connectivity index (χ1v) is 8.19. The number of nitrogens with one attached hydrogen (secondary N) is 1. The predicted molar refractivity (Wildman–Crippen MR) is 80.8 cm³/mol. The SMILES string of the molecule is CC(C)(C)OC(=O)N(C1CCCCC1)C1CCNCC1. The van der Waals surface area contributed by atoms with E-state index in [9.17, 15) is 4.79 Å². The number of hydrogen-bond acceptors (Lipinski definition) is 3. The van der Waals surface area contributed by atoms with Crippen LogP contribution in [-0.4, -0.2) is 41.8 Å². The summed E-state index contributed by atoms with van der Waals surface area (Å²) in [4.78, 5) is 14.7. The van der Waals surface area contributed by atoms with E-state index in [0.29, 0.717) is 12.1 Å². The Balaban J connectivity index is 2.07. The van der Waals surface area contributed by atoms with Crippen LogP contribution in [0.15, 0.2) is 0 Å². The molecule has 0 unspecified atom stereocenters. The average Bonchev–Trinajstić information content (AvgIpc) is 2.39. The minimum atomic E-state index is -0.406. The smallest absolute Gasteiger partial charge is 0.410 e. The van der Waals surface area contributed by atoms with E-state index in [-0.39, 0.29) is 6.09 Å². The Kier molecular flexibility index (Phi) is 5.30. The number of hydrogen-bond donors (Lipinski definition) is 1. The van der Waals surface area contributed by atoms with E-state index in [0.717, 1.165) is 38.8 Å². The van der Waals surface area contributed by atoms with Gasteiger partial charge < -0.3 is 15.0 Å². The Labute approximate surface area is 123 Å². The molecule has 1 saturated heterocycles. The van der Waals surface area contributed by atoms with Crippen LogP contribution in [-0.2, 0) is 4.74 Å². The van der Waals surface area contributed by atoms with Crippen molar-refractivity contribution in [2.75, 3.05) is 13.1 Å². The molecule has 0 aromatic heterocycles. The highest BCUT2D eigenvalue weighted by Crippen LogP contribution is 2.28. The van der Waals surface area contributed by atoms with E-state index in [1.165, 1.54) is 19.3 Å². The van der Waals surface area contributed by atoms with Gasteiger partial charge >= 0.3 is 6.09 Å². The molecule has 0 aromatic carbocycles. The van der Waals surface area contributed by atoms with Crippen LogP contribution in [0.5, 0.6) is 0 Å². The lowest BCUT2D eigenvalue weighted by Gasteiger charge is -2.42. The average molecular weight is 282 g/mol. The summed E-state index contributed by atoms with van der Waals surface area (Å²) < 4.78 is 5.67. The van der Waals surface area contributed by atoms with Crippen molar-refractivity contribution in [2.24, 2.45) is 0 Å². The lowest BCUT2D eigenvalue weighted by Crippen LogP contribution is -2.52. The molecular weight excluding hydrogens is 252 g/mol. The maximum absolute atomic E-state index is 12.6. The molecule has 20 heavy (non-hydrogen) atoms. The third-order valence-corrected chi connectivity index (χ3v) is 4.27. The van der Waals surface area contributed by atoms with Crippen molar-refractivity contribution in [2.45, 2.75) is 83.4 Å². The summed E-state index contributed by atoms with van der Waals surface area (Å²) in [6, 6.07) is 0.746. The molecule has 2 rings (SSSR count). The maximum Gasteiger partial charge on any atom is 0.410 e. The van der Waals surface area contributed by atoms with Crippen LogP contribution in [0, 0.1) is 0 Å². The molecular formula is C16H30N2O2. The Morgan fingerprint density at radius 2 is 1.55 bits per heavy atom. The highest BCUT2D eigenvalue weighted by molar-refractivity contribution is 5.69. The number of ether oxygens (including phenoxy) is 1. The summed E-state index contributed by atoms with van der Waals surface area (Å²) in [5.41, 5.74) is -0.406. The summed E-state index contributed by atoms with van der Waals surface area (Å²) in [7, 11) is 0. The number of carbonyl (C=O) groups excluding carboxylic acids is 1. The molecule has 0 atom stereocenters. The van der Waals surface area contributed by atoms with Gasteiger partial charge in [-0.1, -0.05) is 19.3 Å². The van der Waals surface area contributed by atoms with Crippen molar-refractivity contribution in [1.29, 1.82) is 0 Å². The first-order valence-electron chi connectivity index (χ1n) is 8.19. The molecule has 0 aromatic rings.